The maximum atomic E-state index is 12.8. The van der Waals surface area contributed by atoms with Crippen LogP contribution in [0, 0.1) is 0 Å². The molecular weight excluding hydrogens is 501 g/mol. The average Bonchev–Trinajstić information content (AvgIpc) is 3.12. The number of ether oxygens (including phenoxy) is 1. The number of hydrogen-bond acceptors (Lipinski definition) is 4. The van der Waals surface area contributed by atoms with E-state index in [-0.39, 0.29) is 12.5 Å². The van der Waals surface area contributed by atoms with Crippen molar-refractivity contribution in [2.24, 2.45) is 0 Å². The average molecular weight is 516 g/mol. The number of anilines is 1. The van der Waals surface area contributed by atoms with Crippen LogP contribution in [0.2, 0.25) is 5.02 Å². The number of hydrogen-bond donors (Lipinski definition) is 2. The number of methoxy groups -OCH3 is 1. The minimum Gasteiger partial charge on any atom is -0.495 e. The largest absolute Gasteiger partial charge is 0.495 e. The summed E-state index contributed by atoms with van der Waals surface area (Å²) in [4.78, 5) is 12.8. The van der Waals surface area contributed by atoms with Gasteiger partial charge in [-0.05, 0) is 58.4 Å². The van der Waals surface area contributed by atoms with Crippen molar-refractivity contribution in [3.8, 4) is 17.1 Å². The molecule has 0 saturated carbocycles. The molecular formula is C19H14Br2ClNO4. The third-order valence-electron chi connectivity index (χ3n) is 3.77. The Kier molecular flexibility index (Phi) is 6.26. The molecule has 0 radical (unpaired) electrons. The van der Waals surface area contributed by atoms with E-state index in [9.17, 15) is 4.79 Å². The van der Waals surface area contributed by atoms with E-state index in [2.05, 4.69) is 37.2 Å². The third-order valence-corrected chi connectivity index (χ3v) is 5.15. The van der Waals surface area contributed by atoms with Crippen LogP contribution in [0.5, 0.6) is 5.75 Å². The van der Waals surface area contributed by atoms with Gasteiger partial charge in [-0.1, -0.05) is 27.5 Å². The molecule has 0 spiro atoms. The molecule has 0 fully saturated rings. The van der Waals surface area contributed by atoms with E-state index in [0.717, 1.165) is 10.0 Å². The molecule has 2 N–H and O–H groups in total. The van der Waals surface area contributed by atoms with Crippen molar-refractivity contribution in [2.75, 3.05) is 12.4 Å². The van der Waals surface area contributed by atoms with Crippen LogP contribution in [0.25, 0.3) is 11.3 Å². The number of nitrogens with one attached hydrogen (secondary N) is 1. The van der Waals surface area contributed by atoms with Crippen molar-refractivity contribution in [1.82, 2.24) is 0 Å². The maximum Gasteiger partial charge on any atom is 0.259 e. The highest BCUT2D eigenvalue weighted by Crippen LogP contribution is 2.35. The fourth-order valence-electron chi connectivity index (χ4n) is 2.52. The van der Waals surface area contributed by atoms with Gasteiger partial charge in [0, 0.05) is 10.0 Å². The van der Waals surface area contributed by atoms with Gasteiger partial charge in [-0.3, -0.25) is 4.79 Å². The Morgan fingerprint density at radius 1 is 1.22 bits per heavy atom. The molecule has 3 aromatic rings. The number of aliphatic hydroxyl groups excluding tert-OH is 1. The first-order chi connectivity index (χ1) is 12.9. The van der Waals surface area contributed by atoms with E-state index in [4.69, 9.17) is 25.9 Å². The Morgan fingerprint density at radius 3 is 2.67 bits per heavy atom. The number of carbonyl (C=O) groups excluding carboxylic acids is 1. The van der Waals surface area contributed by atoms with Gasteiger partial charge in [0.2, 0.25) is 0 Å². The first-order valence-corrected chi connectivity index (χ1v) is 9.73. The number of amides is 1. The molecule has 27 heavy (non-hydrogen) atoms. The summed E-state index contributed by atoms with van der Waals surface area (Å²) in [5, 5.41) is 12.3. The third kappa shape index (κ3) is 4.38. The monoisotopic (exact) mass is 513 g/mol. The van der Waals surface area contributed by atoms with Crippen LogP contribution in [-0.4, -0.2) is 18.1 Å². The molecule has 1 heterocycles. The predicted molar refractivity (Wildman–Crippen MR) is 111 cm³/mol. The van der Waals surface area contributed by atoms with E-state index in [1.165, 1.54) is 7.11 Å². The first-order valence-electron chi connectivity index (χ1n) is 7.76. The zero-order chi connectivity index (χ0) is 19.6. The lowest BCUT2D eigenvalue weighted by molar-refractivity contribution is 0.102. The second kappa shape index (κ2) is 8.48. The van der Waals surface area contributed by atoms with Crippen LogP contribution in [0.4, 0.5) is 5.69 Å². The molecule has 140 valence electrons. The Labute approximate surface area is 177 Å². The molecule has 1 aromatic heterocycles. The van der Waals surface area contributed by atoms with E-state index >= 15 is 0 Å². The molecule has 0 saturated heterocycles. The van der Waals surface area contributed by atoms with Gasteiger partial charge >= 0.3 is 0 Å². The highest BCUT2D eigenvalue weighted by atomic mass is 79.9. The number of rotatable bonds is 5. The van der Waals surface area contributed by atoms with Crippen LogP contribution in [0.15, 0.2) is 55.8 Å². The van der Waals surface area contributed by atoms with Crippen LogP contribution in [0.1, 0.15) is 16.1 Å². The van der Waals surface area contributed by atoms with E-state index in [1.54, 1.807) is 42.5 Å². The van der Waals surface area contributed by atoms with Gasteiger partial charge in [0.25, 0.3) is 5.91 Å². The van der Waals surface area contributed by atoms with Crippen molar-refractivity contribution in [3.05, 3.63) is 67.8 Å². The quantitative estimate of drug-likeness (QED) is 0.445. The van der Waals surface area contributed by atoms with E-state index in [1.807, 2.05) is 0 Å². The zero-order valence-electron chi connectivity index (χ0n) is 14.1. The standard InChI is InChI=1S/C19H14Br2ClNO4/c1-26-18-13(7-11(20)8-14(18)21)19(25)23-16-6-10(2-4-15(16)22)17-5-3-12(9-24)27-17/h2-8,24H,9H2,1H3,(H,23,25). The Bertz CT molecular complexity index is 1000. The van der Waals surface area contributed by atoms with Gasteiger partial charge in [-0.15, -0.1) is 0 Å². The summed E-state index contributed by atoms with van der Waals surface area (Å²) in [5.41, 5.74) is 1.50. The van der Waals surface area contributed by atoms with Gasteiger partial charge in [-0.2, -0.15) is 0 Å². The number of furan rings is 1. The second-order valence-corrected chi connectivity index (χ2v) is 7.72. The molecule has 2 aromatic carbocycles. The summed E-state index contributed by atoms with van der Waals surface area (Å²) in [6.45, 7) is -0.186. The van der Waals surface area contributed by atoms with Crippen molar-refractivity contribution >= 4 is 55.1 Å². The van der Waals surface area contributed by atoms with Gasteiger partial charge in [0.1, 0.15) is 23.9 Å². The van der Waals surface area contributed by atoms with Gasteiger partial charge in [0.05, 0.1) is 27.9 Å². The Hall–Kier alpha value is -1.80. The smallest absolute Gasteiger partial charge is 0.259 e. The molecule has 0 bridgehead atoms. The normalized spacial score (nSPS) is 10.7. The molecule has 1 amide bonds. The zero-order valence-corrected chi connectivity index (χ0v) is 18.0. The summed E-state index contributed by atoms with van der Waals surface area (Å²) in [7, 11) is 1.49. The summed E-state index contributed by atoms with van der Waals surface area (Å²) in [6, 6.07) is 12.0. The van der Waals surface area contributed by atoms with Crippen LogP contribution in [0.3, 0.4) is 0 Å². The topological polar surface area (TPSA) is 71.7 Å². The fourth-order valence-corrected chi connectivity index (χ4v) is 4.07. The van der Waals surface area contributed by atoms with Gasteiger partial charge in [0.15, 0.2) is 0 Å². The lowest BCUT2D eigenvalue weighted by Gasteiger charge is -2.13. The van der Waals surface area contributed by atoms with Crippen molar-refractivity contribution < 1.29 is 19.1 Å². The fraction of sp³-hybridized carbons (Fsp3) is 0.105. The molecule has 0 atom stereocenters. The van der Waals surface area contributed by atoms with Crippen molar-refractivity contribution in [1.29, 1.82) is 0 Å². The first kappa shape index (κ1) is 19.9. The number of carbonyl (C=O) groups is 1. The second-order valence-electron chi connectivity index (χ2n) is 5.54. The molecule has 8 heteroatoms. The van der Waals surface area contributed by atoms with Gasteiger partial charge < -0.3 is 19.6 Å². The van der Waals surface area contributed by atoms with Crippen molar-refractivity contribution in [3.63, 3.8) is 0 Å². The molecule has 0 aliphatic heterocycles. The van der Waals surface area contributed by atoms with E-state index in [0.29, 0.717) is 38.0 Å². The molecule has 0 aliphatic carbocycles. The number of aliphatic hydroxyl groups is 1. The summed E-state index contributed by atoms with van der Waals surface area (Å²) in [5.74, 6) is 1.06. The lowest BCUT2D eigenvalue weighted by atomic mass is 10.1. The number of halogens is 3. The summed E-state index contributed by atoms with van der Waals surface area (Å²) in [6.07, 6.45) is 0. The summed E-state index contributed by atoms with van der Waals surface area (Å²) >= 11 is 13.0. The van der Waals surface area contributed by atoms with Crippen LogP contribution in [-0.2, 0) is 6.61 Å². The van der Waals surface area contributed by atoms with Gasteiger partial charge in [-0.25, -0.2) is 0 Å². The Balaban J connectivity index is 1.94. The highest BCUT2D eigenvalue weighted by molar-refractivity contribution is 9.11. The van der Waals surface area contributed by atoms with Crippen molar-refractivity contribution in [2.45, 2.75) is 6.61 Å². The SMILES string of the molecule is COc1c(Br)cc(Br)cc1C(=O)Nc1cc(-c2ccc(CO)o2)ccc1Cl. The van der Waals surface area contributed by atoms with Crippen LogP contribution >= 0.6 is 43.5 Å². The Morgan fingerprint density at radius 2 is 2.00 bits per heavy atom. The molecule has 5 nitrogen and oxygen atoms in total. The molecule has 3 rings (SSSR count). The molecule has 0 unspecified atom stereocenters. The van der Waals surface area contributed by atoms with E-state index < -0.39 is 0 Å². The van der Waals surface area contributed by atoms with Crippen LogP contribution < -0.4 is 10.1 Å². The minimum absolute atomic E-state index is 0.186. The lowest BCUT2D eigenvalue weighted by Crippen LogP contribution is -2.14. The maximum absolute atomic E-state index is 12.8. The predicted octanol–water partition coefficient (Wildman–Crippen LogP) is 5.88. The number of benzene rings is 2. The molecule has 0 aliphatic rings. The minimum atomic E-state index is -0.372. The highest BCUT2D eigenvalue weighted by Gasteiger charge is 2.18. The summed E-state index contributed by atoms with van der Waals surface area (Å²) < 4.78 is 12.2.